The van der Waals surface area contributed by atoms with Crippen LogP contribution in [0, 0.1) is 0 Å². The number of hydrogen-bond donors (Lipinski definition) is 14. The molecule has 30 heteroatoms. The maximum Gasteiger partial charge on any atom is 0.331 e. The number of rotatable bonds is 20. The van der Waals surface area contributed by atoms with E-state index in [9.17, 15) is 85.9 Å². The lowest BCUT2D eigenvalue weighted by atomic mass is 9.99. The van der Waals surface area contributed by atoms with Crippen LogP contribution in [0.15, 0.2) is 76.0 Å². The average Bonchev–Trinajstić information content (AvgIpc) is 3.64. The fourth-order valence-corrected chi connectivity index (χ4v) is 9.10. The molecule has 0 aliphatic carbocycles. The number of esters is 2. The number of phenols is 4. The van der Waals surface area contributed by atoms with E-state index in [2.05, 4.69) is 0 Å². The number of aromatic hydroxyl groups is 4. The van der Waals surface area contributed by atoms with Crippen LogP contribution >= 0.6 is 0 Å². The van der Waals surface area contributed by atoms with Crippen molar-refractivity contribution in [2.75, 3.05) is 48.3 Å². The van der Waals surface area contributed by atoms with E-state index in [1.54, 1.807) is 0 Å². The summed E-state index contributed by atoms with van der Waals surface area (Å²) in [5, 5.41) is 150. The van der Waals surface area contributed by atoms with Crippen LogP contribution in [-0.2, 0) is 33.3 Å². The number of benzene rings is 4. The van der Waals surface area contributed by atoms with E-state index in [1.807, 2.05) is 0 Å². The average molecular weight is 1200 g/mol. The number of carbonyl (C=O) groups is 2. The van der Waals surface area contributed by atoms with Crippen molar-refractivity contribution in [2.45, 2.75) is 92.1 Å². The second-order valence-electron chi connectivity index (χ2n) is 19.1. The summed E-state index contributed by atoms with van der Waals surface area (Å²) in [6.45, 7) is -2.70. The van der Waals surface area contributed by atoms with E-state index in [0.29, 0.717) is 5.56 Å². The molecule has 14 N–H and O–H groups in total. The SMILES string of the molecule is COc1cc(/C=C/C(=O)OC[C@@H]2O[C@H](Oc3cc(-c4oc5cc(O)cc(O)c5c(=O)c4O[C@H]4O[C@@H](CO)[C@H](O)[C@@H](O)[C@@H]4OC(=O)/C=C/c4cc(OC)c(O)c(OC)c4)ccc3O[C@H]3O[C@@H](CO)[C@H](O)[C@@H](O)[C@@H]3O)[C@@H](O)[C@H](O)[C@H]2O)cc(OC)c1O. The van der Waals surface area contributed by atoms with Gasteiger partial charge in [-0.3, -0.25) is 4.79 Å². The van der Waals surface area contributed by atoms with Gasteiger partial charge in [-0.25, -0.2) is 9.59 Å². The van der Waals surface area contributed by atoms with Gasteiger partial charge in [0.05, 0.1) is 41.7 Å². The molecule has 3 saturated heterocycles. The Morgan fingerprint density at radius 3 is 1.54 bits per heavy atom. The summed E-state index contributed by atoms with van der Waals surface area (Å²) in [7, 11) is 5.10. The third kappa shape index (κ3) is 13.4. The third-order valence-electron chi connectivity index (χ3n) is 13.7. The molecule has 85 heavy (non-hydrogen) atoms. The van der Waals surface area contributed by atoms with Crippen LogP contribution in [0.25, 0.3) is 34.4 Å². The molecule has 0 bridgehead atoms. The quantitative estimate of drug-likeness (QED) is 0.0308. The maximum absolute atomic E-state index is 14.7. The normalized spacial score (nSPS) is 27.8. The molecule has 0 saturated carbocycles. The minimum absolute atomic E-state index is 0.0117. The van der Waals surface area contributed by atoms with E-state index in [-0.39, 0.29) is 45.6 Å². The third-order valence-corrected chi connectivity index (χ3v) is 13.7. The molecule has 3 aliphatic rings. The standard InChI is InChI=1S/C55H60O30/c1-73-29-11-21(12-30(74-2)39(29)62)5-9-36(60)77-20-35-43(66)46(69)49(72)54(83-35)80-27-15-23(7-8-26(27)79-53-48(71)45(68)41(64)33(18-56)81-53)50-51(44(67)38-25(59)16-24(58)17-28(38)78-50)85-55-52(47(70)42(65)34(19-57)82-55)84-37(61)10-6-22-13-31(75-3)40(63)32(14-22)76-4/h5-17,33-35,41-43,45-49,52-59,62-66,68-72H,18-20H2,1-4H3/b9-5+,10-6+/t33-,34-,35-,41-,42-,43-,45+,46+,47+,48-,49-,52-,53-,54-,55+/m0/s1. The van der Waals surface area contributed by atoms with Crippen LogP contribution < -0.4 is 38.6 Å². The van der Waals surface area contributed by atoms with Crippen molar-refractivity contribution in [1.82, 2.24) is 0 Å². The zero-order valence-electron chi connectivity index (χ0n) is 45.1. The van der Waals surface area contributed by atoms with E-state index in [4.69, 9.17) is 61.3 Å². The largest absolute Gasteiger partial charge is 0.508 e. The highest BCUT2D eigenvalue weighted by molar-refractivity contribution is 5.89. The Morgan fingerprint density at radius 1 is 0.529 bits per heavy atom. The summed E-state index contributed by atoms with van der Waals surface area (Å²) in [5.74, 6) is -7.22. The highest BCUT2D eigenvalue weighted by atomic mass is 16.7. The fraction of sp³-hybridized carbons (Fsp3) is 0.400. The molecule has 3 aliphatic heterocycles. The van der Waals surface area contributed by atoms with Gasteiger partial charge in [0.15, 0.2) is 46.4 Å². The first-order chi connectivity index (χ1) is 40.5. The number of carbonyl (C=O) groups excluding carboxylic acids is 2. The van der Waals surface area contributed by atoms with Crippen molar-refractivity contribution >= 4 is 35.1 Å². The van der Waals surface area contributed by atoms with Gasteiger partial charge in [-0.1, -0.05) is 0 Å². The van der Waals surface area contributed by atoms with Crippen LogP contribution in [-0.4, -0.2) is 224 Å². The van der Waals surface area contributed by atoms with Crippen molar-refractivity contribution < 1.29 is 142 Å². The summed E-state index contributed by atoms with van der Waals surface area (Å²) in [6.07, 6.45) is -25.1. The van der Waals surface area contributed by atoms with Gasteiger partial charge in [-0.15, -0.1) is 0 Å². The van der Waals surface area contributed by atoms with Crippen LogP contribution in [0.2, 0.25) is 0 Å². The Kier molecular flexibility index (Phi) is 19.8. The number of phenolic OH excluding ortho intramolecular Hbond substituents is 4. The summed E-state index contributed by atoms with van der Waals surface area (Å²) < 4.78 is 72.8. The van der Waals surface area contributed by atoms with Gasteiger partial charge in [0.25, 0.3) is 0 Å². The molecule has 5 aromatic rings. The Morgan fingerprint density at radius 2 is 1.01 bits per heavy atom. The lowest BCUT2D eigenvalue weighted by Gasteiger charge is -2.41. The molecule has 1 aromatic heterocycles. The van der Waals surface area contributed by atoms with E-state index >= 15 is 0 Å². The number of hydrogen-bond acceptors (Lipinski definition) is 30. The molecule has 8 rings (SSSR count). The predicted molar refractivity (Wildman–Crippen MR) is 283 cm³/mol. The minimum atomic E-state index is -2.17. The van der Waals surface area contributed by atoms with Crippen molar-refractivity contribution in [3.05, 3.63) is 88.1 Å². The maximum atomic E-state index is 14.7. The van der Waals surface area contributed by atoms with Crippen LogP contribution in [0.1, 0.15) is 11.1 Å². The van der Waals surface area contributed by atoms with Gasteiger partial charge in [-0.2, -0.15) is 0 Å². The second kappa shape index (κ2) is 26.8. The van der Waals surface area contributed by atoms with E-state index < -0.39 is 175 Å². The van der Waals surface area contributed by atoms with Crippen molar-refractivity contribution in [2.24, 2.45) is 0 Å². The van der Waals surface area contributed by atoms with Crippen molar-refractivity contribution in [3.63, 3.8) is 0 Å². The fourth-order valence-electron chi connectivity index (χ4n) is 9.10. The summed E-state index contributed by atoms with van der Waals surface area (Å²) in [5.41, 5.74) is -1.55. The number of fused-ring (bicyclic) bond motifs is 1. The van der Waals surface area contributed by atoms with Gasteiger partial charge in [0, 0.05) is 29.8 Å². The van der Waals surface area contributed by atoms with Gasteiger partial charge in [-0.05, 0) is 65.7 Å². The lowest BCUT2D eigenvalue weighted by Crippen LogP contribution is -2.61. The van der Waals surface area contributed by atoms with Gasteiger partial charge < -0.3 is 133 Å². The number of methoxy groups -OCH3 is 4. The molecule has 0 amide bonds. The first-order valence-corrected chi connectivity index (χ1v) is 25.5. The molecule has 15 atom stereocenters. The molecule has 4 heterocycles. The Bertz CT molecular complexity index is 3270. The monoisotopic (exact) mass is 1200 g/mol. The predicted octanol–water partition coefficient (Wildman–Crippen LogP) is -1.62. The highest BCUT2D eigenvalue weighted by Gasteiger charge is 2.50. The molecule has 3 fully saturated rings. The number of ether oxygens (including phenoxy) is 12. The first kappa shape index (κ1) is 62.8. The zero-order valence-corrected chi connectivity index (χ0v) is 45.1. The van der Waals surface area contributed by atoms with Crippen LogP contribution in [0.4, 0.5) is 0 Å². The Balaban J connectivity index is 1.17. The van der Waals surface area contributed by atoms with Gasteiger partial charge >= 0.3 is 11.9 Å². The minimum Gasteiger partial charge on any atom is -0.508 e. The molecular weight excluding hydrogens is 1140 g/mol. The van der Waals surface area contributed by atoms with E-state index in [0.717, 1.165) is 42.5 Å². The summed E-state index contributed by atoms with van der Waals surface area (Å²) >= 11 is 0. The molecule has 30 nitrogen and oxygen atoms in total. The smallest absolute Gasteiger partial charge is 0.331 e. The molecule has 4 aromatic carbocycles. The lowest BCUT2D eigenvalue weighted by molar-refractivity contribution is -0.282. The van der Waals surface area contributed by atoms with Crippen LogP contribution in [0.5, 0.6) is 63.2 Å². The molecule has 0 spiro atoms. The van der Waals surface area contributed by atoms with Gasteiger partial charge in [0.2, 0.25) is 41.5 Å². The number of aliphatic hydroxyl groups is 10. The molecule has 460 valence electrons. The Labute approximate surface area is 479 Å². The molecule has 0 radical (unpaired) electrons. The molecular formula is C55H60O30. The van der Waals surface area contributed by atoms with Crippen molar-refractivity contribution in [3.8, 4) is 74.6 Å². The topological polar surface area (TPSA) is 458 Å². The number of aliphatic hydroxyl groups excluding tert-OH is 10. The van der Waals surface area contributed by atoms with Crippen molar-refractivity contribution in [1.29, 1.82) is 0 Å². The summed E-state index contributed by atoms with van der Waals surface area (Å²) in [6, 6.07) is 10.2. The summed E-state index contributed by atoms with van der Waals surface area (Å²) in [4.78, 5) is 41.2. The highest BCUT2D eigenvalue weighted by Crippen LogP contribution is 2.43. The second-order valence-corrected chi connectivity index (χ2v) is 19.1. The first-order valence-electron chi connectivity index (χ1n) is 25.5. The zero-order chi connectivity index (χ0) is 61.7. The molecule has 0 unspecified atom stereocenters. The Hall–Kier alpha value is -8.21. The van der Waals surface area contributed by atoms with Crippen LogP contribution in [0.3, 0.4) is 0 Å². The van der Waals surface area contributed by atoms with E-state index in [1.165, 1.54) is 64.9 Å². The van der Waals surface area contributed by atoms with Gasteiger partial charge in [0.1, 0.15) is 96.2 Å².